The molecule has 0 amide bonds. The summed E-state index contributed by atoms with van der Waals surface area (Å²) in [7, 11) is 0. The second-order valence-electron chi connectivity index (χ2n) is 4.72. The maximum Gasteiger partial charge on any atom is 0.180 e. The van der Waals surface area contributed by atoms with Crippen LogP contribution in [0.2, 0.25) is 10.0 Å². The van der Waals surface area contributed by atoms with Crippen LogP contribution in [0, 0.1) is 0 Å². The lowest BCUT2D eigenvalue weighted by Gasteiger charge is -2.18. The number of benzene rings is 1. The van der Waals surface area contributed by atoms with Crippen molar-refractivity contribution in [1.29, 1.82) is 0 Å². The van der Waals surface area contributed by atoms with Gasteiger partial charge in [0, 0.05) is 0 Å². The summed E-state index contributed by atoms with van der Waals surface area (Å²) in [4.78, 5) is 4.31. The van der Waals surface area contributed by atoms with E-state index in [4.69, 9.17) is 27.9 Å². The van der Waals surface area contributed by atoms with E-state index in [-0.39, 0.29) is 0 Å². The third-order valence-corrected chi connectivity index (χ3v) is 4.70. The molecule has 1 saturated heterocycles. The van der Waals surface area contributed by atoms with Crippen molar-refractivity contribution < 1.29 is 14.9 Å². The van der Waals surface area contributed by atoms with Crippen LogP contribution in [0.3, 0.4) is 0 Å². The molecule has 0 spiro atoms. The lowest BCUT2D eigenvalue weighted by Crippen LogP contribution is -2.30. The summed E-state index contributed by atoms with van der Waals surface area (Å²) < 4.78 is 7.72. The number of hydrogen-bond donors (Lipinski definition) is 2. The van der Waals surface area contributed by atoms with E-state index < -0.39 is 24.5 Å². The number of imidazole rings is 1. The van der Waals surface area contributed by atoms with Gasteiger partial charge in [-0.25, -0.2) is 4.98 Å². The molecule has 20 heavy (non-hydrogen) atoms. The molecule has 0 bridgehead atoms. The van der Waals surface area contributed by atoms with Gasteiger partial charge in [0.1, 0.15) is 12.2 Å². The van der Waals surface area contributed by atoms with E-state index in [1.807, 2.05) is 0 Å². The van der Waals surface area contributed by atoms with Crippen molar-refractivity contribution in [1.82, 2.24) is 9.55 Å². The lowest BCUT2D eigenvalue weighted by molar-refractivity contribution is -0.0309. The van der Waals surface area contributed by atoms with Gasteiger partial charge in [-0.05, 0) is 35.0 Å². The zero-order valence-corrected chi connectivity index (χ0v) is 13.4. The summed E-state index contributed by atoms with van der Waals surface area (Å²) in [5.74, 6) is 0. The minimum Gasteiger partial charge on any atom is -0.388 e. The second kappa shape index (κ2) is 5.12. The number of halogens is 3. The van der Waals surface area contributed by atoms with Crippen molar-refractivity contribution in [2.75, 3.05) is 0 Å². The van der Waals surface area contributed by atoms with Crippen molar-refractivity contribution in [3.63, 3.8) is 0 Å². The zero-order chi connectivity index (χ0) is 14.6. The van der Waals surface area contributed by atoms with E-state index in [0.29, 0.717) is 25.8 Å². The number of aromatic nitrogens is 2. The molecular formula is C12H11BrCl2N2O3. The average Bonchev–Trinajstić information content (AvgIpc) is 2.81. The standard InChI is InChI=1S/C12H11BrCl2N2O3/c1-4-9(18)10(19)11(20-4)17-8-3-6(15)5(14)2-7(8)16-12(17)13/h2-4,9-11,18-19H,1H3/t4-,9+,10+,11+/m0/s1. The second-order valence-corrected chi connectivity index (χ2v) is 6.24. The van der Waals surface area contributed by atoms with Crippen LogP contribution < -0.4 is 0 Å². The van der Waals surface area contributed by atoms with Crippen LogP contribution in [0.15, 0.2) is 16.9 Å². The Bertz CT molecular complexity index is 678. The molecule has 2 N–H and O–H groups in total. The SMILES string of the molecule is C[C@@H]1O[C@@H](n2c(Br)nc3cc(Cl)c(Cl)cc32)[C@H](O)[C@@H]1O. The molecule has 8 heteroatoms. The van der Waals surface area contributed by atoms with Crippen LogP contribution in [0.5, 0.6) is 0 Å². The van der Waals surface area contributed by atoms with Crippen molar-refractivity contribution in [3.8, 4) is 0 Å². The average molecular weight is 382 g/mol. The van der Waals surface area contributed by atoms with Crippen LogP contribution in [0.1, 0.15) is 13.2 Å². The van der Waals surface area contributed by atoms with Crippen LogP contribution in [-0.2, 0) is 4.74 Å². The zero-order valence-electron chi connectivity index (χ0n) is 10.3. The molecular weight excluding hydrogens is 371 g/mol. The maximum atomic E-state index is 10.1. The van der Waals surface area contributed by atoms with Gasteiger partial charge in [-0.3, -0.25) is 4.57 Å². The van der Waals surface area contributed by atoms with E-state index in [1.165, 1.54) is 0 Å². The number of rotatable bonds is 1. The molecule has 108 valence electrons. The van der Waals surface area contributed by atoms with Gasteiger partial charge in [-0.1, -0.05) is 23.2 Å². The van der Waals surface area contributed by atoms with Crippen LogP contribution in [0.25, 0.3) is 11.0 Å². The molecule has 2 heterocycles. The van der Waals surface area contributed by atoms with Crippen LogP contribution in [0.4, 0.5) is 0 Å². The van der Waals surface area contributed by atoms with E-state index in [2.05, 4.69) is 20.9 Å². The Labute approximate surface area is 133 Å². The third kappa shape index (κ3) is 2.15. The fourth-order valence-corrected chi connectivity index (χ4v) is 3.24. The molecule has 5 nitrogen and oxygen atoms in total. The molecule has 1 aliphatic rings. The van der Waals surface area contributed by atoms with Gasteiger partial charge < -0.3 is 14.9 Å². The van der Waals surface area contributed by atoms with E-state index in [1.54, 1.807) is 23.6 Å². The van der Waals surface area contributed by atoms with Gasteiger partial charge in [0.2, 0.25) is 0 Å². The van der Waals surface area contributed by atoms with Gasteiger partial charge in [0.25, 0.3) is 0 Å². The Hall–Kier alpha value is -0.370. The fourth-order valence-electron chi connectivity index (χ4n) is 2.34. The largest absolute Gasteiger partial charge is 0.388 e. The number of aliphatic hydroxyl groups is 2. The number of ether oxygens (including phenoxy) is 1. The van der Waals surface area contributed by atoms with Crippen molar-refractivity contribution >= 4 is 50.2 Å². The van der Waals surface area contributed by atoms with E-state index >= 15 is 0 Å². The van der Waals surface area contributed by atoms with Crippen LogP contribution >= 0.6 is 39.1 Å². The molecule has 4 atom stereocenters. The Kier molecular flexibility index (Phi) is 3.73. The highest BCUT2D eigenvalue weighted by molar-refractivity contribution is 9.10. The van der Waals surface area contributed by atoms with E-state index in [9.17, 15) is 10.2 Å². The number of aliphatic hydroxyl groups excluding tert-OH is 2. The Morgan fingerprint density at radius 2 is 1.90 bits per heavy atom. The summed E-state index contributed by atoms with van der Waals surface area (Å²) in [5, 5.41) is 20.7. The van der Waals surface area contributed by atoms with Gasteiger partial charge in [-0.15, -0.1) is 0 Å². The monoisotopic (exact) mass is 380 g/mol. The first kappa shape index (κ1) is 14.6. The third-order valence-electron chi connectivity index (χ3n) is 3.42. The topological polar surface area (TPSA) is 67.5 Å². The molecule has 3 rings (SSSR count). The summed E-state index contributed by atoms with van der Waals surface area (Å²) >= 11 is 15.3. The molecule has 1 aliphatic heterocycles. The molecule has 1 fully saturated rings. The van der Waals surface area contributed by atoms with Gasteiger partial charge in [0.15, 0.2) is 11.0 Å². The quantitative estimate of drug-likeness (QED) is 0.796. The number of hydrogen-bond acceptors (Lipinski definition) is 4. The van der Waals surface area contributed by atoms with Gasteiger partial charge >= 0.3 is 0 Å². The minimum atomic E-state index is -1.05. The first-order valence-corrected chi connectivity index (χ1v) is 7.49. The predicted molar refractivity (Wildman–Crippen MR) is 79.1 cm³/mol. The highest BCUT2D eigenvalue weighted by atomic mass is 79.9. The summed E-state index contributed by atoms with van der Waals surface area (Å²) in [6.45, 7) is 1.70. The molecule has 0 saturated carbocycles. The Balaban J connectivity index is 2.17. The normalized spacial score (nSPS) is 30.3. The predicted octanol–water partition coefficient (Wildman–Crippen LogP) is 2.74. The molecule has 2 aromatic rings. The molecule has 1 aromatic carbocycles. The highest BCUT2D eigenvalue weighted by Crippen LogP contribution is 2.37. The van der Waals surface area contributed by atoms with Gasteiger partial charge in [-0.2, -0.15) is 0 Å². The number of nitrogens with zero attached hydrogens (tertiary/aromatic N) is 2. The Morgan fingerprint density at radius 1 is 1.25 bits per heavy atom. The van der Waals surface area contributed by atoms with Crippen molar-refractivity contribution in [3.05, 3.63) is 26.9 Å². The molecule has 0 aliphatic carbocycles. The maximum absolute atomic E-state index is 10.1. The van der Waals surface area contributed by atoms with Crippen LogP contribution in [-0.4, -0.2) is 38.1 Å². The first-order chi connectivity index (χ1) is 9.40. The number of fused-ring (bicyclic) bond motifs is 1. The summed E-state index contributed by atoms with van der Waals surface area (Å²) in [6, 6.07) is 3.30. The summed E-state index contributed by atoms with van der Waals surface area (Å²) in [5.41, 5.74) is 1.28. The molecule has 0 radical (unpaired) electrons. The fraction of sp³-hybridized carbons (Fsp3) is 0.417. The Morgan fingerprint density at radius 3 is 2.50 bits per heavy atom. The summed E-state index contributed by atoms with van der Waals surface area (Å²) in [6.07, 6.45) is -3.21. The van der Waals surface area contributed by atoms with Gasteiger partial charge in [0.05, 0.1) is 27.2 Å². The minimum absolute atomic E-state index is 0.383. The highest BCUT2D eigenvalue weighted by Gasteiger charge is 2.42. The molecule has 1 aromatic heterocycles. The molecule has 0 unspecified atom stereocenters. The van der Waals surface area contributed by atoms with Crippen molar-refractivity contribution in [2.24, 2.45) is 0 Å². The van der Waals surface area contributed by atoms with Crippen molar-refractivity contribution in [2.45, 2.75) is 31.5 Å². The smallest absolute Gasteiger partial charge is 0.180 e. The lowest BCUT2D eigenvalue weighted by atomic mass is 10.1. The van der Waals surface area contributed by atoms with E-state index in [0.717, 1.165) is 0 Å². The first-order valence-electron chi connectivity index (χ1n) is 5.94.